The third-order valence-corrected chi connectivity index (χ3v) is 3.00. The third-order valence-electron chi connectivity index (χ3n) is 3.00. The summed E-state index contributed by atoms with van der Waals surface area (Å²) in [7, 11) is 0.880. The molecule has 1 heterocycles. The van der Waals surface area contributed by atoms with Crippen LogP contribution in [0.4, 0.5) is 22.0 Å². The lowest BCUT2D eigenvalue weighted by Gasteiger charge is -2.17. The maximum Gasteiger partial charge on any atom is 0.406 e. The third kappa shape index (κ3) is 2.96. The molecule has 0 spiro atoms. The average Bonchev–Trinajstić information content (AvgIpc) is 2.42. The van der Waals surface area contributed by atoms with Gasteiger partial charge in [0.1, 0.15) is 12.1 Å². The Hall–Kier alpha value is -2.65. The van der Waals surface area contributed by atoms with Crippen molar-refractivity contribution in [1.82, 2.24) is 4.57 Å². The first kappa shape index (κ1) is 16.7. The van der Waals surface area contributed by atoms with Gasteiger partial charge in [0.05, 0.1) is 18.0 Å². The minimum atomic E-state index is -4.80. The summed E-state index contributed by atoms with van der Waals surface area (Å²) in [5, 5.41) is 8.17. The van der Waals surface area contributed by atoms with E-state index in [1.807, 2.05) is 0 Å². The molecule has 1 N–H and O–H groups in total. The van der Waals surface area contributed by atoms with E-state index in [9.17, 15) is 31.5 Å². The highest BCUT2D eigenvalue weighted by Gasteiger charge is 2.31. The van der Waals surface area contributed by atoms with Crippen molar-refractivity contribution in [3.8, 4) is 5.75 Å². The van der Waals surface area contributed by atoms with Crippen LogP contribution in [-0.4, -0.2) is 28.9 Å². The number of alkyl halides is 3. The predicted octanol–water partition coefficient (Wildman–Crippen LogP) is 2.55. The van der Waals surface area contributed by atoms with E-state index < -0.39 is 58.0 Å². The number of aromatic nitrogens is 1. The Kier molecular flexibility index (Phi) is 4.01. The van der Waals surface area contributed by atoms with Crippen LogP contribution in [-0.2, 0) is 6.54 Å². The van der Waals surface area contributed by atoms with Crippen LogP contribution in [0.5, 0.6) is 5.75 Å². The normalized spacial score (nSPS) is 11.7. The number of carbonyl (C=O) groups is 1. The molecule has 124 valence electrons. The lowest BCUT2D eigenvalue weighted by atomic mass is 10.1. The van der Waals surface area contributed by atoms with Gasteiger partial charge in [-0.1, -0.05) is 0 Å². The summed E-state index contributed by atoms with van der Waals surface area (Å²) in [6.45, 7) is -1.72. The maximum atomic E-state index is 13.7. The Morgan fingerprint density at radius 2 is 1.96 bits per heavy atom. The lowest BCUT2D eigenvalue weighted by molar-refractivity contribution is -0.140. The molecule has 1 aromatic carbocycles. The predicted molar refractivity (Wildman–Crippen MR) is 67.7 cm³/mol. The molecule has 0 amide bonds. The average molecular weight is 337 g/mol. The molecular weight excluding hydrogens is 329 g/mol. The van der Waals surface area contributed by atoms with Crippen molar-refractivity contribution in [2.75, 3.05) is 7.11 Å². The van der Waals surface area contributed by atoms with Gasteiger partial charge in [0.2, 0.25) is 11.2 Å². The summed E-state index contributed by atoms with van der Waals surface area (Å²) in [5.74, 6) is -5.85. The SMILES string of the molecule is COc1c(F)c(F)cc2c(=O)c(C(=O)O)cn(CC(F)(F)F)c12. The number of carboxylic acids is 1. The summed E-state index contributed by atoms with van der Waals surface area (Å²) in [6.07, 6.45) is -4.38. The summed E-state index contributed by atoms with van der Waals surface area (Å²) in [5.41, 5.74) is -2.93. The molecule has 23 heavy (non-hydrogen) atoms. The standard InChI is InChI=1S/C13H8F5NO4/c1-23-11-8(15)7(14)2-5-9(11)19(4-13(16,17)18)3-6(10(5)20)12(21)22/h2-3H,4H2,1H3,(H,21,22). The van der Waals surface area contributed by atoms with E-state index >= 15 is 0 Å². The highest BCUT2D eigenvalue weighted by molar-refractivity contribution is 5.94. The van der Waals surface area contributed by atoms with Gasteiger partial charge in [0, 0.05) is 6.20 Å². The number of carboxylic acid groups (broad SMARTS) is 1. The molecule has 0 saturated carbocycles. The van der Waals surface area contributed by atoms with Crippen LogP contribution in [0.1, 0.15) is 10.4 Å². The van der Waals surface area contributed by atoms with Crippen LogP contribution in [0.25, 0.3) is 10.9 Å². The minimum absolute atomic E-state index is 0.293. The molecular formula is C13H8F5NO4. The number of hydrogen-bond donors (Lipinski definition) is 1. The number of fused-ring (bicyclic) bond motifs is 1. The van der Waals surface area contributed by atoms with E-state index in [1.165, 1.54) is 0 Å². The second kappa shape index (κ2) is 5.52. The van der Waals surface area contributed by atoms with Gasteiger partial charge in [-0.2, -0.15) is 17.6 Å². The van der Waals surface area contributed by atoms with Crippen molar-refractivity contribution in [2.24, 2.45) is 0 Å². The zero-order valence-corrected chi connectivity index (χ0v) is 11.4. The first-order valence-electron chi connectivity index (χ1n) is 5.96. The molecule has 0 unspecified atom stereocenters. The molecule has 0 radical (unpaired) electrons. The summed E-state index contributed by atoms with van der Waals surface area (Å²) in [4.78, 5) is 23.0. The summed E-state index contributed by atoms with van der Waals surface area (Å²) in [6, 6.07) is 0.342. The zero-order chi connectivity index (χ0) is 17.5. The maximum absolute atomic E-state index is 13.7. The minimum Gasteiger partial charge on any atom is -0.491 e. The molecule has 0 atom stereocenters. The van der Waals surface area contributed by atoms with Crippen molar-refractivity contribution >= 4 is 16.9 Å². The van der Waals surface area contributed by atoms with E-state index in [0.717, 1.165) is 7.11 Å². The monoisotopic (exact) mass is 337 g/mol. The van der Waals surface area contributed by atoms with Crippen molar-refractivity contribution in [2.45, 2.75) is 12.7 Å². The molecule has 2 aromatic rings. The van der Waals surface area contributed by atoms with Gasteiger partial charge in [-0.05, 0) is 6.07 Å². The number of rotatable bonds is 3. The zero-order valence-electron chi connectivity index (χ0n) is 11.4. The van der Waals surface area contributed by atoms with E-state index in [-0.39, 0.29) is 0 Å². The van der Waals surface area contributed by atoms with Crippen LogP contribution in [0.3, 0.4) is 0 Å². The van der Waals surface area contributed by atoms with E-state index in [2.05, 4.69) is 4.74 Å². The number of pyridine rings is 1. The smallest absolute Gasteiger partial charge is 0.406 e. The fourth-order valence-corrected chi connectivity index (χ4v) is 2.13. The second-order valence-electron chi connectivity index (χ2n) is 4.52. The Labute approximate surface area is 124 Å². The van der Waals surface area contributed by atoms with Crippen LogP contribution in [0, 0.1) is 11.6 Å². The second-order valence-corrected chi connectivity index (χ2v) is 4.52. The van der Waals surface area contributed by atoms with Gasteiger partial charge in [-0.15, -0.1) is 0 Å². The largest absolute Gasteiger partial charge is 0.491 e. The fourth-order valence-electron chi connectivity index (χ4n) is 2.13. The quantitative estimate of drug-likeness (QED) is 0.874. The fraction of sp³-hybridized carbons (Fsp3) is 0.231. The molecule has 0 aliphatic rings. The highest BCUT2D eigenvalue weighted by Crippen LogP contribution is 2.31. The molecule has 0 bridgehead atoms. The molecule has 1 aromatic heterocycles. The van der Waals surface area contributed by atoms with E-state index in [1.54, 1.807) is 0 Å². The van der Waals surface area contributed by atoms with Gasteiger partial charge in [0.25, 0.3) is 0 Å². The molecule has 0 aliphatic heterocycles. The number of ether oxygens (including phenoxy) is 1. The van der Waals surface area contributed by atoms with Crippen molar-refractivity contribution in [3.05, 3.63) is 39.7 Å². The number of aromatic carboxylic acids is 1. The first-order valence-corrected chi connectivity index (χ1v) is 5.96. The summed E-state index contributed by atoms with van der Waals surface area (Å²) < 4.78 is 70.1. The number of benzene rings is 1. The van der Waals surface area contributed by atoms with Crippen LogP contribution in [0.15, 0.2) is 17.1 Å². The molecule has 5 nitrogen and oxygen atoms in total. The number of methoxy groups -OCH3 is 1. The Balaban J connectivity index is 3.02. The molecule has 0 aliphatic carbocycles. The van der Waals surface area contributed by atoms with Crippen molar-refractivity contribution in [3.63, 3.8) is 0 Å². The van der Waals surface area contributed by atoms with Gasteiger partial charge in [-0.3, -0.25) is 4.79 Å². The molecule has 0 saturated heterocycles. The number of halogens is 5. The molecule has 10 heteroatoms. The first-order chi connectivity index (χ1) is 10.6. The Morgan fingerprint density at radius 1 is 1.35 bits per heavy atom. The Morgan fingerprint density at radius 3 is 2.43 bits per heavy atom. The molecule has 0 fully saturated rings. The van der Waals surface area contributed by atoms with Gasteiger partial charge in [-0.25, -0.2) is 9.18 Å². The number of hydrogen-bond acceptors (Lipinski definition) is 3. The van der Waals surface area contributed by atoms with E-state index in [4.69, 9.17) is 5.11 Å². The van der Waals surface area contributed by atoms with Crippen LogP contribution < -0.4 is 10.2 Å². The highest BCUT2D eigenvalue weighted by atomic mass is 19.4. The lowest BCUT2D eigenvalue weighted by Crippen LogP contribution is -2.24. The van der Waals surface area contributed by atoms with Gasteiger partial charge >= 0.3 is 12.1 Å². The van der Waals surface area contributed by atoms with Gasteiger partial charge < -0.3 is 14.4 Å². The van der Waals surface area contributed by atoms with Crippen LogP contribution in [0.2, 0.25) is 0 Å². The number of nitrogens with zero attached hydrogens (tertiary/aromatic N) is 1. The van der Waals surface area contributed by atoms with Gasteiger partial charge in [0.15, 0.2) is 11.6 Å². The van der Waals surface area contributed by atoms with Crippen molar-refractivity contribution in [1.29, 1.82) is 0 Å². The van der Waals surface area contributed by atoms with Crippen molar-refractivity contribution < 1.29 is 36.6 Å². The Bertz CT molecular complexity index is 856. The topological polar surface area (TPSA) is 68.5 Å². The molecule has 2 rings (SSSR count). The van der Waals surface area contributed by atoms with E-state index in [0.29, 0.717) is 16.8 Å². The summed E-state index contributed by atoms with van der Waals surface area (Å²) >= 11 is 0. The van der Waals surface area contributed by atoms with Crippen LogP contribution >= 0.6 is 0 Å².